The van der Waals surface area contributed by atoms with Gasteiger partial charge in [-0.15, -0.1) is 11.6 Å². The Hall–Kier alpha value is -0.730. The standard InChI is InChI=1S/C11H15ClN2/c12-10-5-6-14(8-10)7-9-3-1-2-4-11(9)13/h1-4,10H,5-8,13H2. The van der Waals surface area contributed by atoms with E-state index in [9.17, 15) is 0 Å². The summed E-state index contributed by atoms with van der Waals surface area (Å²) in [5, 5.41) is 0.319. The molecule has 2 N–H and O–H groups in total. The maximum atomic E-state index is 6.04. The summed E-state index contributed by atoms with van der Waals surface area (Å²) in [5.41, 5.74) is 7.96. The van der Waals surface area contributed by atoms with Crippen molar-refractivity contribution in [1.29, 1.82) is 0 Å². The minimum atomic E-state index is 0.319. The van der Waals surface area contributed by atoms with Gasteiger partial charge < -0.3 is 5.73 Å². The first kappa shape index (κ1) is 9.81. The number of likely N-dealkylation sites (tertiary alicyclic amines) is 1. The maximum Gasteiger partial charge on any atom is 0.0475 e. The van der Waals surface area contributed by atoms with Crippen LogP contribution in [0.25, 0.3) is 0 Å². The molecular formula is C11H15ClN2. The largest absolute Gasteiger partial charge is 0.398 e. The Morgan fingerprint density at radius 2 is 2.21 bits per heavy atom. The average Bonchev–Trinajstić information content (AvgIpc) is 2.56. The van der Waals surface area contributed by atoms with Crippen LogP contribution in [0.3, 0.4) is 0 Å². The van der Waals surface area contributed by atoms with Gasteiger partial charge in [-0.25, -0.2) is 0 Å². The third-order valence-electron chi connectivity index (χ3n) is 2.66. The van der Waals surface area contributed by atoms with Crippen molar-refractivity contribution < 1.29 is 0 Å². The lowest BCUT2D eigenvalue weighted by Gasteiger charge is -2.15. The third kappa shape index (κ3) is 2.20. The van der Waals surface area contributed by atoms with E-state index < -0.39 is 0 Å². The molecule has 0 saturated carbocycles. The summed E-state index contributed by atoms with van der Waals surface area (Å²) in [4.78, 5) is 2.35. The SMILES string of the molecule is Nc1ccccc1CN1CCC(Cl)C1. The topological polar surface area (TPSA) is 29.3 Å². The van der Waals surface area contributed by atoms with Gasteiger partial charge in [0, 0.05) is 24.2 Å². The fraction of sp³-hybridized carbons (Fsp3) is 0.455. The molecule has 1 atom stereocenters. The smallest absolute Gasteiger partial charge is 0.0475 e. The lowest BCUT2D eigenvalue weighted by Crippen LogP contribution is -2.20. The maximum absolute atomic E-state index is 6.04. The Balaban J connectivity index is 2.01. The molecule has 14 heavy (non-hydrogen) atoms. The second-order valence-corrected chi connectivity index (χ2v) is 4.44. The number of nitrogens with two attached hydrogens (primary N) is 1. The van der Waals surface area contributed by atoms with E-state index >= 15 is 0 Å². The highest BCUT2D eigenvalue weighted by molar-refractivity contribution is 6.20. The Bertz CT molecular complexity index is 314. The van der Waals surface area contributed by atoms with Crippen molar-refractivity contribution in [2.75, 3.05) is 18.8 Å². The van der Waals surface area contributed by atoms with E-state index in [1.54, 1.807) is 0 Å². The van der Waals surface area contributed by atoms with Crippen molar-refractivity contribution in [1.82, 2.24) is 4.90 Å². The summed E-state index contributed by atoms with van der Waals surface area (Å²) in [5.74, 6) is 0. The number of nitrogen functional groups attached to an aromatic ring is 1. The summed E-state index contributed by atoms with van der Waals surface area (Å²) >= 11 is 6.04. The van der Waals surface area contributed by atoms with Crippen LogP contribution in [0.4, 0.5) is 5.69 Å². The monoisotopic (exact) mass is 210 g/mol. The zero-order valence-electron chi connectivity index (χ0n) is 8.12. The van der Waals surface area contributed by atoms with Crippen LogP contribution >= 0.6 is 11.6 Å². The molecule has 2 nitrogen and oxygen atoms in total. The number of anilines is 1. The Morgan fingerprint density at radius 3 is 2.86 bits per heavy atom. The van der Waals surface area contributed by atoms with Crippen LogP contribution in [0, 0.1) is 0 Å². The van der Waals surface area contributed by atoms with Gasteiger partial charge in [0.05, 0.1) is 0 Å². The molecule has 1 fully saturated rings. The highest BCUT2D eigenvalue weighted by Gasteiger charge is 2.20. The summed E-state index contributed by atoms with van der Waals surface area (Å²) in [6, 6.07) is 8.02. The molecular weight excluding hydrogens is 196 g/mol. The minimum Gasteiger partial charge on any atom is -0.398 e. The quantitative estimate of drug-likeness (QED) is 0.598. The van der Waals surface area contributed by atoms with Crippen LogP contribution < -0.4 is 5.73 Å². The molecule has 1 heterocycles. The molecule has 1 aromatic rings. The minimum absolute atomic E-state index is 0.319. The van der Waals surface area contributed by atoms with Gasteiger partial charge in [-0.1, -0.05) is 18.2 Å². The van der Waals surface area contributed by atoms with E-state index in [1.807, 2.05) is 18.2 Å². The Labute approximate surface area is 89.7 Å². The first-order valence-electron chi connectivity index (χ1n) is 4.95. The average molecular weight is 211 g/mol. The van der Waals surface area contributed by atoms with Crippen molar-refractivity contribution in [3.63, 3.8) is 0 Å². The van der Waals surface area contributed by atoms with Gasteiger partial charge in [0.1, 0.15) is 0 Å². The van der Waals surface area contributed by atoms with Crippen molar-refractivity contribution in [3.8, 4) is 0 Å². The van der Waals surface area contributed by atoms with E-state index in [0.717, 1.165) is 31.7 Å². The predicted molar refractivity (Wildman–Crippen MR) is 60.4 cm³/mol. The van der Waals surface area contributed by atoms with Gasteiger partial charge in [0.2, 0.25) is 0 Å². The van der Waals surface area contributed by atoms with Crippen molar-refractivity contribution in [2.45, 2.75) is 18.3 Å². The molecule has 0 aliphatic carbocycles. The van der Waals surface area contributed by atoms with E-state index in [4.69, 9.17) is 17.3 Å². The van der Waals surface area contributed by atoms with Gasteiger partial charge in [-0.2, -0.15) is 0 Å². The zero-order valence-corrected chi connectivity index (χ0v) is 8.87. The van der Waals surface area contributed by atoms with Crippen LogP contribution in [0.1, 0.15) is 12.0 Å². The summed E-state index contributed by atoms with van der Waals surface area (Å²) in [7, 11) is 0. The number of nitrogens with zero attached hydrogens (tertiary/aromatic N) is 1. The molecule has 2 rings (SSSR count). The molecule has 1 unspecified atom stereocenters. The highest BCUT2D eigenvalue weighted by Crippen LogP contribution is 2.19. The van der Waals surface area contributed by atoms with E-state index in [0.29, 0.717) is 5.38 Å². The predicted octanol–water partition coefficient (Wildman–Crippen LogP) is 2.08. The van der Waals surface area contributed by atoms with E-state index in [2.05, 4.69) is 11.0 Å². The van der Waals surface area contributed by atoms with E-state index in [-0.39, 0.29) is 0 Å². The van der Waals surface area contributed by atoms with Crippen LogP contribution in [-0.2, 0) is 6.54 Å². The lowest BCUT2D eigenvalue weighted by molar-refractivity contribution is 0.332. The Morgan fingerprint density at radius 1 is 1.43 bits per heavy atom. The molecule has 0 bridgehead atoms. The van der Waals surface area contributed by atoms with E-state index in [1.165, 1.54) is 5.56 Å². The fourth-order valence-corrected chi connectivity index (χ4v) is 2.14. The van der Waals surface area contributed by atoms with Crippen molar-refractivity contribution >= 4 is 17.3 Å². The van der Waals surface area contributed by atoms with Crippen molar-refractivity contribution in [2.24, 2.45) is 0 Å². The normalized spacial score (nSPS) is 22.8. The molecule has 1 aliphatic heterocycles. The molecule has 76 valence electrons. The highest BCUT2D eigenvalue weighted by atomic mass is 35.5. The molecule has 3 heteroatoms. The number of alkyl halides is 1. The lowest BCUT2D eigenvalue weighted by atomic mass is 10.2. The first-order chi connectivity index (χ1) is 6.75. The Kier molecular flexibility index (Phi) is 2.94. The molecule has 0 radical (unpaired) electrons. The summed E-state index contributed by atoms with van der Waals surface area (Å²) < 4.78 is 0. The van der Waals surface area contributed by atoms with Crippen LogP contribution in [0.15, 0.2) is 24.3 Å². The number of hydrogen-bond donors (Lipinski definition) is 1. The molecule has 1 aromatic carbocycles. The number of hydrogen-bond acceptors (Lipinski definition) is 2. The number of benzene rings is 1. The molecule has 0 amide bonds. The first-order valence-corrected chi connectivity index (χ1v) is 5.39. The summed E-state index contributed by atoms with van der Waals surface area (Å²) in [6.45, 7) is 2.99. The zero-order chi connectivity index (χ0) is 9.97. The molecule has 0 aromatic heterocycles. The second-order valence-electron chi connectivity index (χ2n) is 3.82. The van der Waals surface area contributed by atoms with Gasteiger partial charge >= 0.3 is 0 Å². The second kappa shape index (κ2) is 4.20. The van der Waals surface area contributed by atoms with Gasteiger partial charge in [-0.05, 0) is 24.6 Å². The fourth-order valence-electron chi connectivity index (χ4n) is 1.85. The van der Waals surface area contributed by atoms with Crippen LogP contribution in [0.2, 0.25) is 0 Å². The van der Waals surface area contributed by atoms with Crippen LogP contribution in [0.5, 0.6) is 0 Å². The number of para-hydroxylation sites is 1. The molecule has 1 saturated heterocycles. The molecule has 1 aliphatic rings. The third-order valence-corrected chi connectivity index (χ3v) is 3.02. The number of halogens is 1. The van der Waals surface area contributed by atoms with Crippen LogP contribution in [-0.4, -0.2) is 23.4 Å². The summed E-state index contributed by atoms with van der Waals surface area (Å²) in [6.07, 6.45) is 1.09. The van der Waals surface area contributed by atoms with Gasteiger partial charge in [0.15, 0.2) is 0 Å². The van der Waals surface area contributed by atoms with Crippen molar-refractivity contribution in [3.05, 3.63) is 29.8 Å². The molecule has 0 spiro atoms. The van der Waals surface area contributed by atoms with Gasteiger partial charge in [0.25, 0.3) is 0 Å². The van der Waals surface area contributed by atoms with Gasteiger partial charge in [-0.3, -0.25) is 4.90 Å². The number of rotatable bonds is 2.